The van der Waals surface area contributed by atoms with Crippen LogP contribution >= 0.6 is 11.6 Å². The van der Waals surface area contributed by atoms with Crippen molar-refractivity contribution >= 4 is 33.4 Å². The number of rotatable bonds is 1. The Morgan fingerprint density at radius 2 is 1.95 bits per heavy atom. The van der Waals surface area contributed by atoms with Crippen molar-refractivity contribution in [3.8, 4) is 5.82 Å². The summed E-state index contributed by atoms with van der Waals surface area (Å²) < 4.78 is 4.90. The maximum atomic E-state index is 12.9. The van der Waals surface area contributed by atoms with Crippen molar-refractivity contribution in [3.05, 3.63) is 52.0 Å². The number of fused-ring (bicyclic) bond motifs is 3. The second-order valence-corrected chi connectivity index (χ2v) is 5.62. The van der Waals surface area contributed by atoms with Gasteiger partial charge in [0.25, 0.3) is 5.56 Å². The molecule has 0 aliphatic carbocycles. The van der Waals surface area contributed by atoms with Gasteiger partial charge in [0.1, 0.15) is 5.82 Å². The molecular weight excluding hydrogens is 302 g/mol. The summed E-state index contributed by atoms with van der Waals surface area (Å²) in [5.41, 5.74) is 0.981. The maximum absolute atomic E-state index is 12.9. The molecule has 0 N–H and O–H groups in total. The number of aromatic nitrogens is 5. The molecular formula is C15H12ClN5O. The molecule has 0 radical (unpaired) electrons. The standard InChI is InChI=1S/C15H12ClN5O/c1-19-8-11-10-4-3-9(16)7-12(10)21(15(22)14(11)18-19)13-5-6-17-20(13)2/h3-8H,1-2H3. The smallest absolute Gasteiger partial charge is 0.274 e. The van der Waals surface area contributed by atoms with Crippen LogP contribution in [-0.4, -0.2) is 24.1 Å². The van der Waals surface area contributed by atoms with Gasteiger partial charge in [-0.25, -0.2) is 0 Å². The Hall–Kier alpha value is -2.60. The van der Waals surface area contributed by atoms with E-state index in [1.54, 1.807) is 46.4 Å². The van der Waals surface area contributed by atoms with Crippen LogP contribution in [0.5, 0.6) is 0 Å². The Morgan fingerprint density at radius 1 is 1.14 bits per heavy atom. The molecule has 0 fully saturated rings. The second kappa shape index (κ2) is 4.45. The summed E-state index contributed by atoms with van der Waals surface area (Å²) in [5, 5.41) is 10.8. The van der Waals surface area contributed by atoms with Gasteiger partial charge in [-0.2, -0.15) is 10.2 Å². The zero-order valence-corrected chi connectivity index (χ0v) is 12.7. The van der Waals surface area contributed by atoms with E-state index in [1.165, 1.54) is 0 Å². The third kappa shape index (κ3) is 1.70. The number of hydrogen-bond acceptors (Lipinski definition) is 3. The van der Waals surface area contributed by atoms with E-state index < -0.39 is 0 Å². The van der Waals surface area contributed by atoms with E-state index in [9.17, 15) is 4.79 Å². The largest absolute Gasteiger partial charge is 0.285 e. The predicted octanol–water partition coefficient (Wildman–Crippen LogP) is 2.26. The third-order valence-electron chi connectivity index (χ3n) is 3.75. The van der Waals surface area contributed by atoms with E-state index in [0.717, 1.165) is 16.3 Å². The molecule has 7 heteroatoms. The quantitative estimate of drug-likeness (QED) is 0.541. The normalized spacial score (nSPS) is 11.6. The molecule has 1 aromatic carbocycles. The first kappa shape index (κ1) is 13.1. The Kier molecular flexibility index (Phi) is 2.65. The molecule has 3 heterocycles. The minimum atomic E-state index is -0.186. The summed E-state index contributed by atoms with van der Waals surface area (Å²) in [6, 6.07) is 7.30. The van der Waals surface area contributed by atoms with E-state index in [-0.39, 0.29) is 5.56 Å². The van der Waals surface area contributed by atoms with Crippen molar-refractivity contribution in [1.82, 2.24) is 24.1 Å². The van der Waals surface area contributed by atoms with Gasteiger partial charge >= 0.3 is 0 Å². The fourth-order valence-corrected chi connectivity index (χ4v) is 2.96. The highest BCUT2D eigenvalue weighted by Gasteiger charge is 2.16. The van der Waals surface area contributed by atoms with Gasteiger partial charge in [0.2, 0.25) is 0 Å². The lowest BCUT2D eigenvalue weighted by Gasteiger charge is -2.11. The molecule has 0 bridgehead atoms. The van der Waals surface area contributed by atoms with Crippen molar-refractivity contribution in [2.24, 2.45) is 14.1 Å². The van der Waals surface area contributed by atoms with Crippen LogP contribution in [0.25, 0.3) is 27.6 Å². The van der Waals surface area contributed by atoms with Gasteiger partial charge < -0.3 is 0 Å². The lowest BCUT2D eigenvalue weighted by molar-refractivity contribution is 0.729. The van der Waals surface area contributed by atoms with Crippen LogP contribution in [0.4, 0.5) is 0 Å². The van der Waals surface area contributed by atoms with Crippen LogP contribution in [0.1, 0.15) is 0 Å². The van der Waals surface area contributed by atoms with Crippen molar-refractivity contribution < 1.29 is 0 Å². The van der Waals surface area contributed by atoms with Crippen LogP contribution < -0.4 is 5.56 Å². The van der Waals surface area contributed by atoms with Crippen LogP contribution in [0.3, 0.4) is 0 Å². The van der Waals surface area contributed by atoms with Crippen molar-refractivity contribution in [3.63, 3.8) is 0 Å². The SMILES string of the molecule is Cn1cc2c(n1)c(=O)n(-c1ccnn1C)c1cc(Cl)ccc21. The number of benzene rings is 1. The number of aryl methyl sites for hydroxylation is 2. The Morgan fingerprint density at radius 3 is 2.68 bits per heavy atom. The highest BCUT2D eigenvalue weighted by Crippen LogP contribution is 2.26. The molecule has 0 aliphatic heterocycles. The van der Waals surface area contributed by atoms with Gasteiger partial charge in [-0.1, -0.05) is 17.7 Å². The molecule has 0 amide bonds. The molecule has 0 aliphatic rings. The van der Waals surface area contributed by atoms with Crippen molar-refractivity contribution in [2.75, 3.05) is 0 Å². The van der Waals surface area contributed by atoms with E-state index in [0.29, 0.717) is 16.4 Å². The fraction of sp³-hybridized carbons (Fsp3) is 0.133. The van der Waals surface area contributed by atoms with Gasteiger partial charge in [-0.15, -0.1) is 0 Å². The van der Waals surface area contributed by atoms with Gasteiger partial charge in [-0.3, -0.25) is 18.7 Å². The van der Waals surface area contributed by atoms with Gasteiger partial charge in [0.15, 0.2) is 5.52 Å². The minimum Gasteiger partial charge on any atom is -0.274 e. The summed E-state index contributed by atoms with van der Waals surface area (Å²) in [5.74, 6) is 0.671. The summed E-state index contributed by atoms with van der Waals surface area (Å²) in [6.07, 6.45) is 3.50. The Labute approximate surface area is 130 Å². The molecule has 0 unspecified atom stereocenters. The predicted molar refractivity (Wildman–Crippen MR) is 85.6 cm³/mol. The number of nitrogens with zero attached hydrogens (tertiary/aromatic N) is 5. The first-order valence-electron chi connectivity index (χ1n) is 6.72. The lowest BCUT2D eigenvalue weighted by atomic mass is 10.1. The molecule has 22 heavy (non-hydrogen) atoms. The monoisotopic (exact) mass is 313 g/mol. The van der Waals surface area contributed by atoms with E-state index >= 15 is 0 Å². The van der Waals surface area contributed by atoms with E-state index in [4.69, 9.17) is 11.6 Å². The maximum Gasteiger partial charge on any atom is 0.285 e. The molecule has 4 rings (SSSR count). The van der Waals surface area contributed by atoms with Gasteiger partial charge in [0.05, 0.1) is 11.7 Å². The molecule has 0 saturated heterocycles. The molecule has 110 valence electrons. The topological polar surface area (TPSA) is 57.6 Å². The van der Waals surface area contributed by atoms with Gasteiger partial charge in [-0.05, 0) is 12.1 Å². The van der Waals surface area contributed by atoms with E-state index in [1.807, 2.05) is 18.3 Å². The van der Waals surface area contributed by atoms with Crippen LogP contribution in [-0.2, 0) is 14.1 Å². The Balaban J connectivity index is 2.31. The molecule has 6 nitrogen and oxygen atoms in total. The van der Waals surface area contributed by atoms with Crippen molar-refractivity contribution in [2.45, 2.75) is 0 Å². The summed E-state index contributed by atoms with van der Waals surface area (Å²) in [7, 11) is 3.59. The van der Waals surface area contributed by atoms with Crippen LogP contribution in [0, 0.1) is 0 Å². The van der Waals surface area contributed by atoms with Crippen LogP contribution in [0.2, 0.25) is 5.02 Å². The van der Waals surface area contributed by atoms with Crippen molar-refractivity contribution in [1.29, 1.82) is 0 Å². The third-order valence-corrected chi connectivity index (χ3v) is 3.98. The Bertz CT molecular complexity index is 1090. The first-order valence-corrected chi connectivity index (χ1v) is 7.10. The summed E-state index contributed by atoms with van der Waals surface area (Å²) in [4.78, 5) is 12.9. The highest BCUT2D eigenvalue weighted by molar-refractivity contribution is 6.31. The molecule has 0 spiro atoms. The van der Waals surface area contributed by atoms with Crippen LogP contribution in [0.15, 0.2) is 41.5 Å². The molecule has 0 saturated carbocycles. The van der Waals surface area contributed by atoms with Gasteiger partial charge in [0, 0.05) is 42.2 Å². The zero-order chi connectivity index (χ0) is 15.4. The zero-order valence-electron chi connectivity index (χ0n) is 12.0. The summed E-state index contributed by atoms with van der Waals surface area (Å²) in [6.45, 7) is 0. The number of hydrogen-bond donors (Lipinski definition) is 0. The summed E-state index contributed by atoms with van der Waals surface area (Å²) >= 11 is 6.14. The van der Waals surface area contributed by atoms with E-state index in [2.05, 4.69) is 10.2 Å². The highest BCUT2D eigenvalue weighted by atomic mass is 35.5. The molecule has 4 aromatic rings. The first-order chi connectivity index (χ1) is 10.6. The number of halogens is 1. The average Bonchev–Trinajstić information content (AvgIpc) is 3.06. The average molecular weight is 314 g/mol. The minimum absolute atomic E-state index is 0.186. The molecule has 3 aromatic heterocycles. The second-order valence-electron chi connectivity index (χ2n) is 5.18. The fourth-order valence-electron chi connectivity index (χ4n) is 2.79. The molecule has 0 atom stereocenters. The number of pyridine rings is 1. The lowest BCUT2D eigenvalue weighted by Crippen LogP contribution is -2.21.